The molecule has 0 radical (unpaired) electrons. The molecule has 0 aliphatic rings. The number of aromatic nitrogens is 3. The van der Waals surface area contributed by atoms with Gasteiger partial charge in [0.25, 0.3) is 0 Å². The van der Waals surface area contributed by atoms with Gasteiger partial charge < -0.3 is 5.32 Å². The van der Waals surface area contributed by atoms with Crippen molar-refractivity contribution in [3.05, 3.63) is 58.0 Å². The Morgan fingerprint density at radius 1 is 1.24 bits per heavy atom. The maximum absolute atomic E-state index is 12.3. The number of nitrogens with one attached hydrogen (secondary N) is 2. The number of carbonyl (C=O) groups excluding carboxylic acids is 1. The van der Waals surface area contributed by atoms with Crippen molar-refractivity contribution in [1.82, 2.24) is 24.6 Å². The summed E-state index contributed by atoms with van der Waals surface area (Å²) in [4.78, 5) is 16.0. The predicted molar refractivity (Wildman–Crippen MR) is 111 cm³/mol. The zero-order valence-corrected chi connectivity index (χ0v) is 17.9. The summed E-state index contributed by atoms with van der Waals surface area (Å²) in [5.41, 5.74) is 2.66. The third kappa shape index (κ3) is 5.45. The molecule has 2 N–H and O–H groups in total. The van der Waals surface area contributed by atoms with Gasteiger partial charge >= 0.3 is 0 Å². The molecule has 0 saturated heterocycles. The SMILES string of the molecule is Cc1cc2ncc(CCCNC(=O)CNS(=O)(=O)c3c(Cl)cccc3Cl)cn2n1. The van der Waals surface area contributed by atoms with Crippen LogP contribution in [0.2, 0.25) is 10.0 Å². The van der Waals surface area contributed by atoms with Crippen LogP contribution in [0.1, 0.15) is 17.7 Å². The standard InChI is InChI=1S/C18H19Cl2N5O3S/c1-12-8-16-22-9-13(11-25(16)24-12)4-3-7-21-17(26)10-23-29(27,28)18-14(19)5-2-6-15(18)20/h2,5-6,8-9,11,23H,3-4,7,10H2,1H3,(H,21,26). The molecule has 0 saturated carbocycles. The Bertz CT molecular complexity index is 1130. The molecule has 0 spiro atoms. The highest BCUT2D eigenvalue weighted by molar-refractivity contribution is 7.89. The summed E-state index contributed by atoms with van der Waals surface area (Å²) >= 11 is 11.8. The van der Waals surface area contributed by atoms with Crippen LogP contribution in [0.3, 0.4) is 0 Å². The number of carbonyl (C=O) groups is 1. The monoisotopic (exact) mass is 455 g/mol. The summed E-state index contributed by atoms with van der Waals surface area (Å²) in [5, 5.41) is 6.97. The molecule has 3 rings (SSSR count). The Morgan fingerprint density at radius 3 is 2.69 bits per heavy atom. The zero-order valence-electron chi connectivity index (χ0n) is 15.5. The van der Waals surface area contributed by atoms with E-state index in [1.54, 1.807) is 10.7 Å². The fraction of sp³-hybridized carbons (Fsp3) is 0.278. The van der Waals surface area contributed by atoms with Crippen LogP contribution in [0.5, 0.6) is 0 Å². The van der Waals surface area contributed by atoms with Crippen molar-refractivity contribution < 1.29 is 13.2 Å². The second-order valence-electron chi connectivity index (χ2n) is 6.38. The maximum atomic E-state index is 12.3. The van der Waals surface area contributed by atoms with E-state index in [2.05, 4.69) is 20.1 Å². The van der Waals surface area contributed by atoms with Gasteiger partial charge in [0, 0.05) is 25.0 Å². The number of halogens is 2. The average Bonchev–Trinajstić information content (AvgIpc) is 3.02. The number of benzene rings is 1. The topological polar surface area (TPSA) is 105 Å². The van der Waals surface area contributed by atoms with E-state index in [0.717, 1.165) is 16.9 Å². The van der Waals surface area contributed by atoms with Crippen LogP contribution < -0.4 is 10.0 Å². The fourth-order valence-electron chi connectivity index (χ4n) is 2.72. The number of fused-ring (bicyclic) bond motifs is 1. The molecule has 11 heteroatoms. The number of hydrogen-bond acceptors (Lipinski definition) is 5. The second-order valence-corrected chi connectivity index (χ2v) is 8.90. The summed E-state index contributed by atoms with van der Waals surface area (Å²) in [6.07, 6.45) is 5.05. The van der Waals surface area contributed by atoms with E-state index in [-0.39, 0.29) is 14.9 Å². The number of sulfonamides is 1. The van der Waals surface area contributed by atoms with Gasteiger partial charge in [-0.3, -0.25) is 4.79 Å². The van der Waals surface area contributed by atoms with Crippen molar-refractivity contribution in [2.24, 2.45) is 0 Å². The molecule has 8 nitrogen and oxygen atoms in total. The molecule has 3 aromatic rings. The van der Waals surface area contributed by atoms with Crippen molar-refractivity contribution in [3.8, 4) is 0 Å². The Balaban J connectivity index is 1.46. The number of aryl methyl sites for hydroxylation is 2. The van der Waals surface area contributed by atoms with E-state index >= 15 is 0 Å². The minimum absolute atomic E-state index is 0.0108. The molecule has 0 unspecified atom stereocenters. The van der Waals surface area contributed by atoms with E-state index in [1.165, 1.54) is 18.2 Å². The maximum Gasteiger partial charge on any atom is 0.244 e. The highest BCUT2D eigenvalue weighted by atomic mass is 35.5. The lowest BCUT2D eigenvalue weighted by Crippen LogP contribution is -2.37. The molecule has 154 valence electrons. The van der Waals surface area contributed by atoms with Crippen LogP contribution in [0.15, 0.2) is 41.6 Å². The molecular formula is C18H19Cl2N5O3S. The minimum Gasteiger partial charge on any atom is -0.355 e. The van der Waals surface area contributed by atoms with Crippen molar-refractivity contribution in [3.63, 3.8) is 0 Å². The zero-order chi connectivity index (χ0) is 21.0. The lowest BCUT2D eigenvalue weighted by atomic mass is 10.2. The number of rotatable bonds is 8. The molecule has 0 aliphatic carbocycles. The van der Waals surface area contributed by atoms with Gasteiger partial charge in [0.05, 0.1) is 22.3 Å². The first-order chi connectivity index (χ1) is 13.8. The summed E-state index contributed by atoms with van der Waals surface area (Å²) < 4.78 is 28.6. The van der Waals surface area contributed by atoms with Gasteiger partial charge in [-0.25, -0.2) is 22.6 Å². The second kappa shape index (κ2) is 9.08. The third-order valence-electron chi connectivity index (χ3n) is 4.06. The molecule has 2 aromatic heterocycles. The van der Waals surface area contributed by atoms with Gasteiger partial charge in [0.2, 0.25) is 15.9 Å². The summed E-state index contributed by atoms with van der Waals surface area (Å²) in [5.74, 6) is -0.451. The van der Waals surface area contributed by atoms with Gasteiger partial charge in [-0.1, -0.05) is 29.3 Å². The van der Waals surface area contributed by atoms with Crippen molar-refractivity contribution >= 4 is 44.8 Å². The molecule has 0 aliphatic heterocycles. The van der Waals surface area contributed by atoms with Crippen LogP contribution in [0, 0.1) is 6.92 Å². The Morgan fingerprint density at radius 2 is 1.97 bits per heavy atom. The van der Waals surface area contributed by atoms with Gasteiger partial charge in [-0.05, 0) is 37.5 Å². The first-order valence-corrected chi connectivity index (χ1v) is 11.0. The number of nitrogens with zero attached hydrogens (tertiary/aromatic N) is 3. The van der Waals surface area contributed by atoms with Gasteiger partial charge in [-0.2, -0.15) is 5.10 Å². The summed E-state index contributed by atoms with van der Waals surface area (Å²) in [6, 6.07) is 6.26. The Labute approximate surface area is 178 Å². The third-order valence-corrected chi connectivity index (χ3v) is 6.42. The smallest absolute Gasteiger partial charge is 0.244 e. The van der Waals surface area contributed by atoms with Crippen molar-refractivity contribution in [2.45, 2.75) is 24.7 Å². The molecule has 0 bridgehead atoms. The quantitative estimate of drug-likeness (QED) is 0.507. The van der Waals surface area contributed by atoms with Crippen molar-refractivity contribution in [2.75, 3.05) is 13.1 Å². The lowest BCUT2D eigenvalue weighted by molar-refractivity contribution is -0.119. The van der Waals surface area contributed by atoms with Crippen LogP contribution in [0.25, 0.3) is 5.65 Å². The molecule has 1 aromatic carbocycles. The van der Waals surface area contributed by atoms with E-state index in [9.17, 15) is 13.2 Å². The highest BCUT2D eigenvalue weighted by Crippen LogP contribution is 2.28. The highest BCUT2D eigenvalue weighted by Gasteiger charge is 2.22. The van der Waals surface area contributed by atoms with E-state index in [0.29, 0.717) is 19.4 Å². The first-order valence-electron chi connectivity index (χ1n) is 8.77. The molecule has 1 amide bonds. The van der Waals surface area contributed by atoms with Crippen LogP contribution in [-0.4, -0.2) is 42.0 Å². The Hall–Kier alpha value is -2.20. The van der Waals surface area contributed by atoms with Gasteiger partial charge in [-0.15, -0.1) is 0 Å². The molecule has 2 heterocycles. The van der Waals surface area contributed by atoms with E-state index in [4.69, 9.17) is 23.2 Å². The van der Waals surface area contributed by atoms with Crippen molar-refractivity contribution in [1.29, 1.82) is 0 Å². The van der Waals surface area contributed by atoms with Crippen LogP contribution >= 0.6 is 23.2 Å². The Kier molecular flexibility index (Phi) is 6.74. The summed E-state index contributed by atoms with van der Waals surface area (Å²) in [6.45, 7) is 1.88. The number of hydrogen-bond donors (Lipinski definition) is 2. The van der Waals surface area contributed by atoms with Crippen LogP contribution in [0.4, 0.5) is 0 Å². The molecule has 0 atom stereocenters. The van der Waals surface area contributed by atoms with E-state index < -0.39 is 22.5 Å². The van der Waals surface area contributed by atoms with E-state index in [1.807, 2.05) is 19.2 Å². The molecular weight excluding hydrogens is 437 g/mol. The predicted octanol–water partition coefficient (Wildman–Crippen LogP) is 2.37. The normalized spacial score (nSPS) is 11.7. The summed E-state index contributed by atoms with van der Waals surface area (Å²) in [7, 11) is -4.00. The van der Waals surface area contributed by atoms with Gasteiger partial charge in [0.1, 0.15) is 4.90 Å². The lowest BCUT2D eigenvalue weighted by Gasteiger charge is -2.10. The van der Waals surface area contributed by atoms with Gasteiger partial charge in [0.15, 0.2) is 5.65 Å². The fourth-order valence-corrected chi connectivity index (χ4v) is 4.84. The van der Waals surface area contributed by atoms with Crippen LogP contribution in [-0.2, 0) is 21.2 Å². The average molecular weight is 456 g/mol. The number of amides is 1. The first kappa shape index (κ1) is 21.5. The minimum atomic E-state index is -4.00. The molecule has 29 heavy (non-hydrogen) atoms. The largest absolute Gasteiger partial charge is 0.355 e. The molecule has 0 fully saturated rings.